The first-order valence-corrected chi connectivity index (χ1v) is 11.4. The molecule has 0 spiro atoms. The van der Waals surface area contributed by atoms with Crippen LogP contribution in [0.1, 0.15) is 15.9 Å². The Balaban J connectivity index is 1.22. The fourth-order valence-electron chi connectivity index (χ4n) is 4.22. The first-order valence-electron chi connectivity index (χ1n) is 11.4. The number of carbonyl (C=O) groups is 2. The molecule has 0 radical (unpaired) electrons. The van der Waals surface area contributed by atoms with E-state index in [-0.39, 0.29) is 18.6 Å². The number of benzene rings is 2. The second-order valence-corrected chi connectivity index (χ2v) is 8.29. The fraction of sp³-hybridized carbons (Fsp3) is 0.269. The highest BCUT2D eigenvalue weighted by molar-refractivity contribution is 6.06. The Labute approximate surface area is 203 Å². The third-order valence-electron chi connectivity index (χ3n) is 6.09. The van der Waals surface area contributed by atoms with Crippen LogP contribution in [0.2, 0.25) is 0 Å². The number of nitrogens with one attached hydrogen (secondary N) is 1. The number of pyridine rings is 1. The van der Waals surface area contributed by atoms with Gasteiger partial charge in [-0.25, -0.2) is 4.98 Å². The van der Waals surface area contributed by atoms with Crippen LogP contribution in [0, 0.1) is 0 Å². The molecule has 0 saturated carbocycles. The zero-order chi connectivity index (χ0) is 24.2. The fourth-order valence-corrected chi connectivity index (χ4v) is 4.22. The van der Waals surface area contributed by atoms with Gasteiger partial charge in [0.1, 0.15) is 5.75 Å². The van der Waals surface area contributed by atoms with E-state index >= 15 is 0 Å². The first-order chi connectivity index (χ1) is 17.1. The van der Waals surface area contributed by atoms with E-state index in [0.29, 0.717) is 61.2 Å². The van der Waals surface area contributed by atoms with Crippen LogP contribution < -0.4 is 24.4 Å². The molecule has 2 aliphatic heterocycles. The lowest BCUT2D eigenvalue weighted by Crippen LogP contribution is -2.49. The van der Waals surface area contributed by atoms with Crippen LogP contribution in [0.4, 0.5) is 11.5 Å². The summed E-state index contributed by atoms with van der Waals surface area (Å²) in [6.07, 6.45) is 2.03. The maximum atomic E-state index is 12.9. The molecule has 0 atom stereocenters. The number of methoxy groups -OCH3 is 1. The number of amides is 2. The van der Waals surface area contributed by atoms with Gasteiger partial charge < -0.3 is 29.3 Å². The minimum absolute atomic E-state index is 0.0789. The predicted molar refractivity (Wildman–Crippen MR) is 130 cm³/mol. The van der Waals surface area contributed by atoms with Crippen molar-refractivity contribution in [2.45, 2.75) is 6.42 Å². The Bertz CT molecular complexity index is 1240. The van der Waals surface area contributed by atoms with E-state index in [1.807, 2.05) is 35.2 Å². The van der Waals surface area contributed by atoms with Crippen molar-refractivity contribution >= 4 is 23.3 Å². The second-order valence-electron chi connectivity index (χ2n) is 8.29. The molecule has 0 aliphatic carbocycles. The molecule has 1 aromatic heterocycles. The number of nitrogens with zero attached hydrogens (tertiary/aromatic N) is 3. The van der Waals surface area contributed by atoms with Gasteiger partial charge in [-0.3, -0.25) is 9.59 Å². The van der Waals surface area contributed by atoms with Gasteiger partial charge in [0.05, 0.1) is 19.2 Å². The summed E-state index contributed by atoms with van der Waals surface area (Å²) in [5, 5.41) is 2.96. The second kappa shape index (κ2) is 9.92. The minimum Gasteiger partial charge on any atom is -0.497 e. The molecule has 1 saturated heterocycles. The van der Waals surface area contributed by atoms with Crippen molar-refractivity contribution in [2.24, 2.45) is 0 Å². The zero-order valence-electron chi connectivity index (χ0n) is 19.4. The van der Waals surface area contributed by atoms with Gasteiger partial charge in [0.2, 0.25) is 12.7 Å². The number of hydrogen-bond donors (Lipinski definition) is 1. The monoisotopic (exact) mass is 474 g/mol. The largest absolute Gasteiger partial charge is 0.497 e. The molecule has 35 heavy (non-hydrogen) atoms. The highest BCUT2D eigenvalue weighted by atomic mass is 16.7. The van der Waals surface area contributed by atoms with Crippen LogP contribution in [0.25, 0.3) is 0 Å². The summed E-state index contributed by atoms with van der Waals surface area (Å²) >= 11 is 0. The summed E-state index contributed by atoms with van der Waals surface area (Å²) in [5.41, 5.74) is 2.01. The number of rotatable bonds is 6. The van der Waals surface area contributed by atoms with E-state index in [4.69, 9.17) is 14.2 Å². The number of fused-ring (bicyclic) bond motifs is 1. The van der Waals surface area contributed by atoms with Gasteiger partial charge in [0.25, 0.3) is 5.91 Å². The van der Waals surface area contributed by atoms with E-state index in [1.54, 1.807) is 37.6 Å². The SMILES string of the molecule is COc1cccc(CC(=O)N2CCN(c3ncccc3NC(=O)c3ccc4c(c3)OCO4)CC2)c1. The molecule has 2 aromatic carbocycles. The Kier molecular flexibility index (Phi) is 6.38. The third-order valence-corrected chi connectivity index (χ3v) is 6.09. The highest BCUT2D eigenvalue weighted by Crippen LogP contribution is 2.33. The molecular formula is C26H26N4O5. The van der Waals surface area contributed by atoms with E-state index in [2.05, 4.69) is 15.2 Å². The number of aromatic nitrogens is 1. The van der Waals surface area contributed by atoms with Crippen molar-refractivity contribution in [1.29, 1.82) is 0 Å². The molecule has 0 unspecified atom stereocenters. The van der Waals surface area contributed by atoms with E-state index in [0.717, 1.165) is 11.3 Å². The molecule has 5 rings (SSSR count). The van der Waals surface area contributed by atoms with Gasteiger partial charge >= 0.3 is 0 Å². The molecule has 1 fully saturated rings. The Morgan fingerprint density at radius 2 is 1.83 bits per heavy atom. The van der Waals surface area contributed by atoms with Crippen LogP contribution in [0.15, 0.2) is 60.8 Å². The van der Waals surface area contributed by atoms with Crippen molar-refractivity contribution in [3.05, 3.63) is 71.9 Å². The van der Waals surface area contributed by atoms with Crippen molar-refractivity contribution < 1.29 is 23.8 Å². The average Bonchev–Trinajstić information content (AvgIpc) is 3.37. The Morgan fingerprint density at radius 3 is 2.66 bits per heavy atom. The summed E-state index contributed by atoms with van der Waals surface area (Å²) in [6.45, 7) is 2.55. The molecule has 1 N–H and O–H groups in total. The topological polar surface area (TPSA) is 93.2 Å². The summed E-state index contributed by atoms with van der Waals surface area (Å²) in [4.78, 5) is 34.2. The zero-order valence-corrected chi connectivity index (χ0v) is 19.4. The highest BCUT2D eigenvalue weighted by Gasteiger charge is 2.24. The van der Waals surface area contributed by atoms with E-state index in [9.17, 15) is 9.59 Å². The van der Waals surface area contributed by atoms with Gasteiger partial charge in [-0.2, -0.15) is 0 Å². The molecule has 3 aromatic rings. The van der Waals surface area contributed by atoms with E-state index < -0.39 is 0 Å². The van der Waals surface area contributed by atoms with E-state index in [1.165, 1.54) is 0 Å². The van der Waals surface area contributed by atoms with Crippen molar-refractivity contribution in [2.75, 3.05) is 50.3 Å². The summed E-state index contributed by atoms with van der Waals surface area (Å²) in [5.74, 6) is 2.42. The van der Waals surface area contributed by atoms with Crippen molar-refractivity contribution in [3.8, 4) is 17.2 Å². The van der Waals surface area contributed by atoms with Crippen molar-refractivity contribution in [3.63, 3.8) is 0 Å². The van der Waals surface area contributed by atoms with Gasteiger partial charge in [-0.05, 0) is 48.0 Å². The molecule has 0 bridgehead atoms. The average molecular weight is 475 g/mol. The maximum absolute atomic E-state index is 12.9. The number of piperazine rings is 1. The summed E-state index contributed by atoms with van der Waals surface area (Å²) in [7, 11) is 1.61. The molecular weight excluding hydrogens is 448 g/mol. The minimum atomic E-state index is -0.260. The lowest BCUT2D eigenvalue weighted by molar-refractivity contribution is -0.130. The third kappa shape index (κ3) is 4.98. The van der Waals surface area contributed by atoms with Crippen LogP contribution in [-0.2, 0) is 11.2 Å². The van der Waals surface area contributed by atoms with Crippen LogP contribution in [0.5, 0.6) is 17.2 Å². The number of ether oxygens (including phenoxy) is 3. The van der Waals surface area contributed by atoms with Gasteiger partial charge in [-0.15, -0.1) is 0 Å². The smallest absolute Gasteiger partial charge is 0.255 e. The lowest BCUT2D eigenvalue weighted by atomic mass is 10.1. The van der Waals surface area contributed by atoms with Gasteiger partial charge in [-0.1, -0.05) is 12.1 Å². The van der Waals surface area contributed by atoms with Crippen LogP contribution in [0.3, 0.4) is 0 Å². The van der Waals surface area contributed by atoms with Gasteiger partial charge in [0.15, 0.2) is 17.3 Å². The summed E-state index contributed by atoms with van der Waals surface area (Å²) < 4.78 is 15.9. The quantitative estimate of drug-likeness (QED) is 0.587. The van der Waals surface area contributed by atoms with Crippen LogP contribution >= 0.6 is 0 Å². The molecule has 2 amide bonds. The molecule has 180 valence electrons. The first kappa shape index (κ1) is 22.5. The Morgan fingerprint density at radius 1 is 1.00 bits per heavy atom. The summed E-state index contributed by atoms with van der Waals surface area (Å²) in [6, 6.07) is 16.3. The molecule has 9 nitrogen and oxygen atoms in total. The number of hydrogen-bond acceptors (Lipinski definition) is 7. The predicted octanol–water partition coefficient (Wildman–Crippen LogP) is 2.96. The maximum Gasteiger partial charge on any atom is 0.255 e. The normalized spacial score (nSPS) is 14.5. The lowest BCUT2D eigenvalue weighted by Gasteiger charge is -2.36. The molecule has 9 heteroatoms. The Hall–Kier alpha value is -4.27. The number of anilines is 2. The standard InChI is InChI=1S/C26H26N4O5/c1-33-20-5-2-4-18(14-20)15-24(31)29-10-12-30(13-11-29)25-21(6-3-9-27-25)28-26(32)19-7-8-22-23(16-19)35-17-34-22/h2-9,14,16H,10-13,15,17H2,1H3,(H,28,32). The molecule has 3 heterocycles. The van der Waals surface area contributed by atoms with Crippen LogP contribution in [-0.4, -0.2) is 61.8 Å². The number of carbonyl (C=O) groups excluding carboxylic acids is 2. The molecule has 2 aliphatic rings. The van der Waals surface area contributed by atoms with Crippen molar-refractivity contribution in [1.82, 2.24) is 9.88 Å². The van der Waals surface area contributed by atoms with Gasteiger partial charge in [0, 0.05) is 37.9 Å².